The fourth-order valence-corrected chi connectivity index (χ4v) is 2.49. The average molecular weight is 571 g/mol. The molecule has 3 rings (SSSR count). The summed E-state index contributed by atoms with van der Waals surface area (Å²) in [5.41, 5.74) is 0. The Kier molecular flexibility index (Phi) is 28.4. The summed E-state index contributed by atoms with van der Waals surface area (Å²) < 4.78 is 25.4. The van der Waals surface area contributed by atoms with Crippen LogP contribution >= 0.6 is 0 Å². The van der Waals surface area contributed by atoms with Crippen LogP contribution in [0.15, 0.2) is 123 Å². The lowest BCUT2D eigenvalue weighted by Crippen LogP contribution is -2.08. The number of carboxylic acids is 1. The summed E-state index contributed by atoms with van der Waals surface area (Å²) in [4.78, 5) is 29.9. The second kappa shape index (κ2) is 30.1. The van der Waals surface area contributed by atoms with Crippen molar-refractivity contribution < 1.29 is 38.1 Å². The number of ether oxygens (including phenoxy) is 3. The molecule has 0 aliphatic heterocycles. The van der Waals surface area contributed by atoms with Gasteiger partial charge >= 0.3 is 11.9 Å². The minimum absolute atomic E-state index is 0.135. The number of carbonyl (C=O) groups is 3. The van der Waals surface area contributed by atoms with Crippen LogP contribution in [0.4, 0.5) is 4.39 Å². The van der Waals surface area contributed by atoms with E-state index in [-0.39, 0.29) is 13.2 Å². The summed E-state index contributed by atoms with van der Waals surface area (Å²) in [6.45, 7) is 13.6. The van der Waals surface area contributed by atoms with Gasteiger partial charge in [0.2, 0.25) is 5.83 Å². The third-order valence-electron chi connectivity index (χ3n) is 4.58. The van der Waals surface area contributed by atoms with E-state index in [0.29, 0.717) is 30.8 Å². The highest BCUT2D eigenvalue weighted by atomic mass is 19.1. The quantitative estimate of drug-likeness (QED) is 0.0885. The van der Waals surface area contributed by atoms with E-state index in [4.69, 9.17) is 14.6 Å². The molecule has 0 amide bonds. The standard InChI is InChI=1S/C12H16O5.3C6H8.C3H3FO2/c1-4-12(14)16-8-7-15-10(2)5-6-11(3)17-9-13;3*1-2-4-6-5-3-1;1-2(4)3(5)6/h4,9H,1-3,5-8H2;3*1-4H,5-6H2;1H2,(H,5,6). The molecule has 0 aromatic heterocycles. The Morgan fingerprint density at radius 1 is 0.707 bits per heavy atom. The van der Waals surface area contributed by atoms with Crippen LogP contribution in [0.25, 0.3) is 0 Å². The Bertz CT molecular complexity index is 876. The van der Waals surface area contributed by atoms with Crippen molar-refractivity contribution in [2.24, 2.45) is 0 Å². The molecule has 0 fully saturated rings. The average Bonchev–Trinajstić information content (AvgIpc) is 3.02. The Hall–Kier alpha value is -4.46. The lowest BCUT2D eigenvalue weighted by Gasteiger charge is -2.09. The molecule has 0 radical (unpaired) electrons. The zero-order chi connectivity index (χ0) is 31.0. The first kappa shape index (κ1) is 38.7. The maximum atomic E-state index is 11.0. The maximum Gasteiger partial charge on any atom is 0.364 e. The highest BCUT2D eigenvalue weighted by Gasteiger charge is 2.01. The first-order chi connectivity index (χ1) is 19.7. The number of rotatable bonds is 11. The Balaban J connectivity index is 0. The van der Waals surface area contributed by atoms with Crippen molar-refractivity contribution in [2.75, 3.05) is 13.2 Å². The smallest absolute Gasteiger partial charge is 0.364 e. The number of esters is 1. The zero-order valence-corrected chi connectivity index (χ0v) is 23.8. The first-order valence-corrected chi connectivity index (χ1v) is 13.1. The van der Waals surface area contributed by atoms with E-state index in [9.17, 15) is 18.8 Å². The molecule has 3 aliphatic rings. The maximum absolute atomic E-state index is 11.0. The molecule has 3 aliphatic carbocycles. The summed E-state index contributed by atoms with van der Waals surface area (Å²) in [7, 11) is 0. The number of aliphatic carboxylic acids is 1. The third-order valence-corrected chi connectivity index (χ3v) is 4.58. The summed E-state index contributed by atoms with van der Waals surface area (Å²) in [6, 6.07) is 0. The van der Waals surface area contributed by atoms with Crippen molar-refractivity contribution in [3.8, 4) is 0 Å². The van der Waals surface area contributed by atoms with Crippen molar-refractivity contribution in [3.05, 3.63) is 123 Å². The SMILES string of the molecule is C1=CCCC=C1.C1=CCCC=C1.C1=CCCC=C1.C=C(F)C(=O)O.C=CC(=O)OCCOC(=C)CCC(=C)OC=O. The molecule has 0 saturated heterocycles. The van der Waals surface area contributed by atoms with Gasteiger partial charge in [0.05, 0.1) is 5.76 Å². The lowest BCUT2D eigenvalue weighted by molar-refractivity contribution is -0.139. The highest BCUT2D eigenvalue weighted by Crippen LogP contribution is 2.10. The number of hydrogen-bond donors (Lipinski definition) is 1. The number of halogens is 1. The minimum atomic E-state index is -1.60. The summed E-state index contributed by atoms with van der Waals surface area (Å²) in [5, 5.41) is 7.52. The second-order valence-electron chi connectivity index (χ2n) is 8.02. The van der Waals surface area contributed by atoms with Gasteiger partial charge in [-0.05, 0) is 38.5 Å². The van der Waals surface area contributed by atoms with Crippen molar-refractivity contribution in [1.29, 1.82) is 0 Å². The zero-order valence-electron chi connectivity index (χ0n) is 23.8. The molecule has 41 heavy (non-hydrogen) atoms. The Morgan fingerprint density at radius 2 is 1.05 bits per heavy atom. The topological polar surface area (TPSA) is 99.1 Å². The van der Waals surface area contributed by atoms with Gasteiger partial charge in [-0.15, -0.1) is 0 Å². The van der Waals surface area contributed by atoms with Crippen LogP contribution < -0.4 is 0 Å². The fraction of sp³-hybridized carbons (Fsp3) is 0.303. The number of carboxylic acid groups (broad SMARTS) is 1. The fourth-order valence-electron chi connectivity index (χ4n) is 2.49. The van der Waals surface area contributed by atoms with Crippen molar-refractivity contribution in [2.45, 2.75) is 51.4 Å². The van der Waals surface area contributed by atoms with Gasteiger partial charge in [0.25, 0.3) is 6.47 Å². The van der Waals surface area contributed by atoms with E-state index in [1.165, 1.54) is 38.5 Å². The van der Waals surface area contributed by atoms with Gasteiger partial charge in [-0.25, -0.2) is 9.59 Å². The predicted octanol–water partition coefficient (Wildman–Crippen LogP) is 7.94. The highest BCUT2D eigenvalue weighted by molar-refractivity contribution is 5.83. The van der Waals surface area contributed by atoms with Crippen LogP contribution in [-0.4, -0.2) is 36.7 Å². The molecule has 0 spiro atoms. The van der Waals surface area contributed by atoms with E-state index >= 15 is 0 Å². The number of carbonyl (C=O) groups excluding carboxylic acids is 2. The van der Waals surface area contributed by atoms with Gasteiger partial charge in [-0.2, -0.15) is 4.39 Å². The summed E-state index contributed by atoms with van der Waals surface area (Å²) in [5.74, 6) is -2.56. The van der Waals surface area contributed by atoms with Crippen LogP contribution in [0.2, 0.25) is 0 Å². The second-order valence-corrected chi connectivity index (χ2v) is 8.02. The minimum Gasteiger partial charge on any atom is -0.495 e. The van der Waals surface area contributed by atoms with Gasteiger partial charge in [-0.3, -0.25) is 4.79 Å². The molecule has 8 heteroatoms. The van der Waals surface area contributed by atoms with E-state index < -0.39 is 17.8 Å². The van der Waals surface area contributed by atoms with Crippen LogP contribution in [0.3, 0.4) is 0 Å². The van der Waals surface area contributed by atoms with Gasteiger partial charge < -0.3 is 19.3 Å². The molecule has 0 unspecified atom stereocenters. The Labute approximate surface area is 243 Å². The van der Waals surface area contributed by atoms with Gasteiger partial charge in [0.1, 0.15) is 19.0 Å². The normalized spacial score (nSPS) is 13.0. The molecular weight excluding hydrogens is 527 g/mol. The van der Waals surface area contributed by atoms with E-state index in [2.05, 4.69) is 104 Å². The summed E-state index contributed by atoms with van der Waals surface area (Å²) >= 11 is 0. The van der Waals surface area contributed by atoms with Crippen molar-refractivity contribution in [1.82, 2.24) is 0 Å². The van der Waals surface area contributed by atoms with Gasteiger partial charge in [0.15, 0.2) is 0 Å². The molecule has 0 aromatic rings. The molecule has 0 saturated carbocycles. The van der Waals surface area contributed by atoms with E-state index in [0.717, 1.165) is 6.08 Å². The van der Waals surface area contributed by atoms with Crippen LogP contribution in [0.5, 0.6) is 0 Å². The molecule has 0 bridgehead atoms. The Morgan fingerprint density at radius 3 is 1.32 bits per heavy atom. The van der Waals surface area contributed by atoms with Gasteiger partial charge in [-0.1, -0.05) is 99.2 Å². The largest absolute Gasteiger partial charge is 0.495 e. The molecule has 0 aromatic carbocycles. The molecular formula is C33H43FO7. The molecule has 7 nitrogen and oxygen atoms in total. The van der Waals surface area contributed by atoms with Crippen LogP contribution in [0.1, 0.15) is 51.4 Å². The summed E-state index contributed by atoms with van der Waals surface area (Å²) in [6.07, 6.45) is 35.0. The third kappa shape index (κ3) is 33.5. The predicted molar refractivity (Wildman–Crippen MR) is 162 cm³/mol. The molecule has 0 heterocycles. The van der Waals surface area contributed by atoms with E-state index in [1.807, 2.05) is 0 Å². The van der Waals surface area contributed by atoms with E-state index in [1.54, 1.807) is 0 Å². The van der Waals surface area contributed by atoms with Crippen LogP contribution in [0, 0.1) is 0 Å². The lowest BCUT2D eigenvalue weighted by atomic mass is 10.2. The monoisotopic (exact) mass is 570 g/mol. The molecule has 224 valence electrons. The van der Waals surface area contributed by atoms with Crippen molar-refractivity contribution >= 4 is 18.4 Å². The molecule has 1 N–H and O–H groups in total. The first-order valence-electron chi connectivity index (χ1n) is 13.1. The number of hydrogen-bond acceptors (Lipinski definition) is 6. The molecule has 0 atom stereocenters. The van der Waals surface area contributed by atoms with Gasteiger partial charge in [0, 0.05) is 18.9 Å². The van der Waals surface area contributed by atoms with Crippen molar-refractivity contribution in [3.63, 3.8) is 0 Å². The van der Waals surface area contributed by atoms with Crippen LogP contribution in [-0.2, 0) is 28.6 Å². The number of allylic oxidation sites excluding steroid dienone is 14.